The van der Waals surface area contributed by atoms with E-state index in [1.165, 1.54) is 43.3 Å². The van der Waals surface area contributed by atoms with Crippen LogP contribution in [0.4, 0.5) is 13.2 Å². The number of halogens is 5. The topological polar surface area (TPSA) is 33.1 Å². The molecule has 0 fully saturated rings. The fourth-order valence-electron chi connectivity index (χ4n) is 3.05. The van der Waals surface area contributed by atoms with Crippen molar-refractivity contribution < 1.29 is 18.3 Å². The number of nitrogens with zero attached hydrogens (tertiary/aromatic N) is 1. The molecule has 1 heterocycles. The van der Waals surface area contributed by atoms with Crippen molar-refractivity contribution in [2.24, 2.45) is 0 Å². The number of hydrogen-bond acceptors (Lipinski definition) is 2. The van der Waals surface area contributed by atoms with Crippen LogP contribution in [0.2, 0.25) is 10.0 Å². The predicted molar refractivity (Wildman–Crippen MR) is 96.6 cm³/mol. The van der Waals surface area contributed by atoms with Crippen molar-refractivity contribution in [3.05, 3.63) is 75.9 Å². The Morgan fingerprint density at radius 2 is 1.77 bits per heavy atom. The highest BCUT2D eigenvalue weighted by molar-refractivity contribution is 6.35. The van der Waals surface area contributed by atoms with Crippen LogP contribution in [0, 0.1) is 0 Å². The summed E-state index contributed by atoms with van der Waals surface area (Å²) < 4.78 is 42.0. The Hall–Kier alpha value is -1.82. The quantitative estimate of drug-likeness (QED) is 0.577. The lowest BCUT2D eigenvalue weighted by Gasteiger charge is -2.37. The second-order valence-corrected chi connectivity index (χ2v) is 6.91. The summed E-state index contributed by atoms with van der Waals surface area (Å²) in [5, 5.41) is 11.7. The number of pyridine rings is 1. The lowest BCUT2D eigenvalue weighted by molar-refractivity contribution is -0.274. The van der Waals surface area contributed by atoms with Crippen molar-refractivity contribution in [2.75, 3.05) is 0 Å². The Bertz CT molecular complexity index is 961. The molecular weight excluding hydrogens is 386 g/mol. The highest BCUT2D eigenvalue weighted by atomic mass is 35.5. The summed E-state index contributed by atoms with van der Waals surface area (Å²) in [4.78, 5) is 4.09. The van der Waals surface area contributed by atoms with Gasteiger partial charge in [0.25, 0.3) is 0 Å². The van der Waals surface area contributed by atoms with Crippen molar-refractivity contribution in [3.63, 3.8) is 0 Å². The van der Waals surface area contributed by atoms with Crippen molar-refractivity contribution in [3.8, 4) is 0 Å². The van der Waals surface area contributed by atoms with Gasteiger partial charge in [-0.3, -0.25) is 4.98 Å². The molecule has 7 heteroatoms. The third kappa shape index (κ3) is 3.15. The van der Waals surface area contributed by atoms with E-state index in [1.54, 1.807) is 18.3 Å². The molecule has 3 rings (SSSR count). The summed E-state index contributed by atoms with van der Waals surface area (Å²) in [7, 11) is 0. The average Bonchev–Trinajstić information content (AvgIpc) is 2.59. The van der Waals surface area contributed by atoms with E-state index < -0.39 is 17.7 Å². The number of hydrogen-bond donors (Lipinski definition) is 1. The van der Waals surface area contributed by atoms with Crippen LogP contribution in [0.3, 0.4) is 0 Å². The van der Waals surface area contributed by atoms with E-state index in [2.05, 4.69) is 4.98 Å². The molecule has 1 N–H and O–H groups in total. The maximum absolute atomic E-state index is 14.0. The van der Waals surface area contributed by atoms with Gasteiger partial charge in [0.05, 0.1) is 5.52 Å². The van der Waals surface area contributed by atoms with E-state index in [0.717, 1.165) is 0 Å². The minimum Gasteiger partial charge on any atom is -0.376 e. The Kier molecular flexibility index (Phi) is 4.90. The number of alkyl halides is 3. The minimum absolute atomic E-state index is 0.0649. The lowest BCUT2D eigenvalue weighted by atomic mass is 9.77. The Morgan fingerprint density at radius 3 is 2.42 bits per heavy atom. The summed E-state index contributed by atoms with van der Waals surface area (Å²) >= 11 is 11.9. The third-order valence-corrected chi connectivity index (χ3v) is 5.09. The molecule has 26 heavy (non-hydrogen) atoms. The molecule has 0 amide bonds. The fourth-order valence-corrected chi connectivity index (χ4v) is 3.62. The van der Waals surface area contributed by atoms with Gasteiger partial charge in [-0.05, 0) is 41.5 Å². The van der Waals surface area contributed by atoms with Crippen molar-refractivity contribution in [1.82, 2.24) is 4.98 Å². The number of benzene rings is 2. The van der Waals surface area contributed by atoms with Crippen LogP contribution in [0.5, 0.6) is 0 Å². The molecule has 2 nitrogen and oxygen atoms in total. The smallest absolute Gasteiger partial charge is 0.376 e. The monoisotopic (exact) mass is 399 g/mol. The van der Waals surface area contributed by atoms with Crippen molar-refractivity contribution in [2.45, 2.75) is 24.6 Å². The molecule has 1 aromatic heterocycles. The van der Waals surface area contributed by atoms with Crippen molar-refractivity contribution in [1.29, 1.82) is 0 Å². The van der Waals surface area contributed by atoms with Crippen LogP contribution < -0.4 is 0 Å². The van der Waals surface area contributed by atoms with Gasteiger partial charge in [0.15, 0.2) is 5.60 Å². The van der Waals surface area contributed by atoms with E-state index in [-0.39, 0.29) is 16.1 Å². The zero-order valence-corrected chi connectivity index (χ0v) is 15.1. The van der Waals surface area contributed by atoms with E-state index in [0.29, 0.717) is 15.9 Å². The fraction of sp³-hybridized carbons (Fsp3) is 0.211. The summed E-state index contributed by atoms with van der Waals surface area (Å²) in [6, 6.07) is 11.5. The van der Waals surface area contributed by atoms with Gasteiger partial charge in [-0.1, -0.05) is 48.3 Å². The van der Waals surface area contributed by atoms with E-state index in [1.807, 2.05) is 0 Å². The maximum Gasteiger partial charge on any atom is 0.422 e. The van der Waals surface area contributed by atoms with Gasteiger partial charge >= 0.3 is 6.18 Å². The van der Waals surface area contributed by atoms with Crippen LogP contribution in [0.25, 0.3) is 10.9 Å². The highest BCUT2D eigenvalue weighted by Crippen LogP contribution is 2.50. The molecule has 0 aliphatic heterocycles. The summed E-state index contributed by atoms with van der Waals surface area (Å²) in [5.41, 5.74) is -2.71. The largest absolute Gasteiger partial charge is 0.422 e. The normalized spacial score (nSPS) is 15.7. The molecule has 0 saturated carbocycles. The van der Waals surface area contributed by atoms with Crippen LogP contribution in [0.15, 0.2) is 54.7 Å². The maximum atomic E-state index is 14.0. The molecule has 0 bridgehead atoms. The average molecular weight is 400 g/mol. The zero-order chi connectivity index (χ0) is 19.1. The minimum atomic E-state index is -4.93. The molecule has 0 radical (unpaired) electrons. The van der Waals surface area contributed by atoms with E-state index in [4.69, 9.17) is 23.2 Å². The van der Waals surface area contributed by atoms with Gasteiger partial charge in [-0.2, -0.15) is 13.2 Å². The zero-order valence-electron chi connectivity index (χ0n) is 13.6. The van der Waals surface area contributed by atoms with Gasteiger partial charge in [-0.25, -0.2) is 0 Å². The summed E-state index contributed by atoms with van der Waals surface area (Å²) in [5.74, 6) is -1.36. The van der Waals surface area contributed by atoms with Crippen LogP contribution >= 0.6 is 23.2 Å². The van der Waals surface area contributed by atoms with Crippen LogP contribution in [-0.2, 0) is 5.60 Å². The molecule has 0 aliphatic rings. The first kappa shape index (κ1) is 19.0. The van der Waals surface area contributed by atoms with Gasteiger partial charge in [0.2, 0.25) is 0 Å². The number of aliphatic hydroxyl groups is 1. The molecule has 2 aromatic carbocycles. The highest BCUT2D eigenvalue weighted by Gasteiger charge is 2.58. The molecule has 0 aliphatic carbocycles. The van der Waals surface area contributed by atoms with Crippen LogP contribution in [-0.4, -0.2) is 16.3 Å². The molecule has 0 saturated heterocycles. The van der Waals surface area contributed by atoms with Gasteiger partial charge in [0.1, 0.15) is 0 Å². The second kappa shape index (κ2) is 6.72. The van der Waals surface area contributed by atoms with Gasteiger partial charge in [-0.15, -0.1) is 0 Å². The first-order valence-corrected chi connectivity index (χ1v) is 8.49. The van der Waals surface area contributed by atoms with Crippen LogP contribution in [0.1, 0.15) is 24.0 Å². The van der Waals surface area contributed by atoms with Crippen molar-refractivity contribution >= 4 is 34.1 Å². The predicted octanol–water partition coefficient (Wildman–Crippen LogP) is 6.10. The third-order valence-electron chi connectivity index (χ3n) is 4.53. The molecule has 3 aromatic rings. The molecule has 136 valence electrons. The first-order chi connectivity index (χ1) is 12.1. The Morgan fingerprint density at radius 1 is 1.04 bits per heavy atom. The Balaban J connectivity index is 2.19. The lowest BCUT2D eigenvalue weighted by Crippen LogP contribution is -2.46. The molecular formula is C19H14Cl2F3NO. The number of aromatic nitrogens is 1. The van der Waals surface area contributed by atoms with Gasteiger partial charge < -0.3 is 5.11 Å². The first-order valence-electron chi connectivity index (χ1n) is 7.74. The second-order valence-electron chi connectivity index (χ2n) is 6.06. The SMILES string of the molecule is C[C@H](c1ccc(Cl)cc1Cl)[C@](O)(c1ccc2ncccc2c1)C(F)(F)F. The van der Waals surface area contributed by atoms with E-state index >= 15 is 0 Å². The molecule has 0 unspecified atom stereocenters. The molecule has 2 atom stereocenters. The standard InChI is InChI=1S/C19H14Cl2F3NO/c1-11(15-6-5-14(20)10-16(15)21)18(26,19(22,23)24)13-4-7-17-12(9-13)3-2-8-25-17/h2-11,26H,1H3/t11-,18+/m1/s1. The van der Waals surface area contributed by atoms with E-state index in [9.17, 15) is 18.3 Å². The number of fused-ring (bicyclic) bond motifs is 1. The Labute approximate surface area is 158 Å². The van der Waals surface area contributed by atoms with Gasteiger partial charge in [0, 0.05) is 27.5 Å². The molecule has 0 spiro atoms. The number of rotatable bonds is 3. The summed E-state index contributed by atoms with van der Waals surface area (Å²) in [6.07, 6.45) is -3.38. The summed E-state index contributed by atoms with van der Waals surface area (Å²) in [6.45, 7) is 1.29.